The second kappa shape index (κ2) is 10.8. The molecule has 1 heterocycles. The zero-order valence-electron chi connectivity index (χ0n) is 12.9. The Kier molecular flexibility index (Phi) is 9.27. The van der Waals surface area contributed by atoms with Crippen molar-refractivity contribution in [2.75, 3.05) is 26.2 Å². The fourth-order valence-electron chi connectivity index (χ4n) is 2.60. The van der Waals surface area contributed by atoms with E-state index in [9.17, 15) is 4.91 Å². The van der Waals surface area contributed by atoms with Crippen molar-refractivity contribution in [1.82, 2.24) is 4.90 Å². The summed E-state index contributed by atoms with van der Waals surface area (Å²) in [5.41, 5.74) is 0. The minimum Gasteiger partial charge on any atom is -0.374 e. The van der Waals surface area contributed by atoms with Crippen molar-refractivity contribution in [2.24, 2.45) is 5.18 Å². The minimum atomic E-state index is 0.0999. The highest BCUT2D eigenvalue weighted by Gasteiger charge is 2.22. The molecule has 0 N–H and O–H groups in total. The van der Waals surface area contributed by atoms with E-state index in [1.165, 1.54) is 25.7 Å². The predicted octanol–water partition coefficient (Wildman–Crippen LogP) is 3.21. The van der Waals surface area contributed by atoms with Crippen LogP contribution in [0.5, 0.6) is 0 Å². The average Bonchev–Trinajstić information content (AvgIpc) is 2.48. The molecule has 20 heavy (non-hydrogen) atoms. The van der Waals surface area contributed by atoms with Gasteiger partial charge in [0.25, 0.3) is 0 Å². The molecule has 1 aliphatic heterocycles. The fraction of sp³-hybridized carbons (Fsp3) is 0.875. The molecule has 0 aromatic heterocycles. The highest BCUT2D eigenvalue weighted by Crippen LogP contribution is 2.18. The van der Waals surface area contributed by atoms with Gasteiger partial charge in [-0.1, -0.05) is 43.7 Å². The summed E-state index contributed by atoms with van der Waals surface area (Å²) >= 11 is 0. The Bertz CT molecular complexity index is 322. The Morgan fingerprint density at radius 1 is 1.40 bits per heavy atom. The standard InChI is InChI=1S/C16H28N2O2/c1-3-5-9-15(4-2)20-16-10-8-13-18(14-16)12-7-6-11-17-19/h15-16H,3-5,8-14H2,1-2H3. The zero-order valence-corrected chi connectivity index (χ0v) is 12.9. The summed E-state index contributed by atoms with van der Waals surface area (Å²) in [5.74, 6) is 5.77. The van der Waals surface area contributed by atoms with Crippen molar-refractivity contribution >= 4 is 0 Å². The van der Waals surface area contributed by atoms with Crippen LogP contribution in [0, 0.1) is 16.7 Å². The van der Waals surface area contributed by atoms with E-state index in [2.05, 4.69) is 35.8 Å². The maximum Gasteiger partial charge on any atom is 0.142 e. The van der Waals surface area contributed by atoms with Crippen molar-refractivity contribution in [2.45, 2.75) is 64.6 Å². The second-order valence-electron chi connectivity index (χ2n) is 5.45. The van der Waals surface area contributed by atoms with Crippen LogP contribution in [0.2, 0.25) is 0 Å². The van der Waals surface area contributed by atoms with Crippen LogP contribution < -0.4 is 0 Å². The SMILES string of the molecule is CCCCC(CC)OC1CCCN(CC#CCN=O)C1. The molecule has 0 spiro atoms. The Morgan fingerprint density at radius 2 is 2.25 bits per heavy atom. The molecular weight excluding hydrogens is 252 g/mol. The van der Waals surface area contributed by atoms with Crippen LogP contribution in [0.15, 0.2) is 5.18 Å². The van der Waals surface area contributed by atoms with Gasteiger partial charge in [0, 0.05) is 6.54 Å². The van der Waals surface area contributed by atoms with Gasteiger partial charge in [0.15, 0.2) is 0 Å². The molecule has 1 rings (SSSR count). The molecular formula is C16H28N2O2. The van der Waals surface area contributed by atoms with E-state index < -0.39 is 0 Å². The first kappa shape index (κ1) is 17.1. The van der Waals surface area contributed by atoms with Gasteiger partial charge in [-0.25, -0.2) is 0 Å². The van der Waals surface area contributed by atoms with Crippen molar-refractivity contribution in [1.29, 1.82) is 0 Å². The van der Waals surface area contributed by atoms with Crippen LogP contribution in [-0.2, 0) is 4.74 Å². The van der Waals surface area contributed by atoms with Crippen LogP contribution in [0.1, 0.15) is 52.4 Å². The van der Waals surface area contributed by atoms with Crippen molar-refractivity contribution in [3.05, 3.63) is 4.91 Å². The first-order valence-corrected chi connectivity index (χ1v) is 7.92. The minimum absolute atomic E-state index is 0.0999. The van der Waals surface area contributed by atoms with Gasteiger partial charge < -0.3 is 4.74 Å². The van der Waals surface area contributed by atoms with Gasteiger partial charge >= 0.3 is 0 Å². The molecule has 2 atom stereocenters. The Labute approximate surface area is 123 Å². The smallest absolute Gasteiger partial charge is 0.142 e. The average molecular weight is 280 g/mol. The Balaban J connectivity index is 2.32. The summed E-state index contributed by atoms with van der Waals surface area (Å²) < 4.78 is 6.24. The summed E-state index contributed by atoms with van der Waals surface area (Å²) in [6.07, 6.45) is 7.83. The van der Waals surface area contributed by atoms with Crippen LogP contribution in [-0.4, -0.2) is 43.3 Å². The van der Waals surface area contributed by atoms with E-state index in [-0.39, 0.29) is 6.54 Å². The highest BCUT2D eigenvalue weighted by atomic mass is 16.5. The normalized spacial score (nSPS) is 21.0. The molecule has 0 bridgehead atoms. The first-order chi connectivity index (χ1) is 9.80. The van der Waals surface area contributed by atoms with Crippen LogP contribution in [0.25, 0.3) is 0 Å². The summed E-state index contributed by atoms with van der Waals surface area (Å²) in [6.45, 7) is 7.30. The maximum atomic E-state index is 9.96. The lowest BCUT2D eigenvalue weighted by Gasteiger charge is -2.33. The molecule has 0 aromatic rings. The molecule has 0 radical (unpaired) electrons. The quantitative estimate of drug-likeness (QED) is 0.506. The Hall–Kier alpha value is -0.920. The van der Waals surface area contributed by atoms with E-state index in [0.717, 1.165) is 32.5 Å². The molecule has 0 aliphatic carbocycles. The van der Waals surface area contributed by atoms with Gasteiger partial charge in [0.2, 0.25) is 0 Å². The van der Waals surface area contributed by atoms with Gasteiger partial charge in [-0.05, 0) is 32.2 Å². The lowest BCUT2D eigenvalue weighted by Crippen LogP contribution is -2.41. The van der Waals surface area contributed by atoms with Crippen LogP contribution in [0.3, 0.4) is 0 Å². The highest BCUT2D eigenvalue weighted by molar-refractivity contribution is 5.03. The summed E-state index contributed by atoms with van der Waals surface area (Å²) in [4.78, 5) is 12.3. The molecule has 4 heteroatoms. The molecule has 0 aromatic carbocycles. The second-order valence-corrected chi connectivity index (χ2v) is 5.45. The fourth-order valence-corrected chi connectivity index (χ4v) is 2.60. The Morgan fingerprint density at radius 3 is 2.95 bits per heavy atom. The molecule has 114 valence electrons. The van der Waals surface area contributed by atoms with E-state index >= 15 is 0 Å². The number of likely N-dealkylation sites (tertiary alicyclic amines) is 1. The van der Waals surface area contributed by atoms with E-state index in [1.807, 2.05) is 0 Å². The largest absolute Gasteiger partial charge is 0.374 e. The van der Waals surface area contributed by atoms with E-state index in [1.54, 1.807) is 0 Å². The summed E-state index contributed by atoms with van der Waals surface area (Å²) in [6, 6.07) is 0. The predicted molar refractivity (Wildman–Crippen MR) is 82.6 cm³/mol. The van der Waals surface area contributed by atoms with Gasteiger partial charge in [0.05, 0.1) is 18.8 Å². The number of ether oxygens (including phenoxy) is 1. The zero-order chi connectivity index (χ0) is 14.6. The number of hydrogen-bond acceptors (Lipinski definition) is 4. The molecule has 2 unspecified atom stereocenters. The third-order valence-corrected chi connectivity index (χ3v) is 3.75. The van der Waals surface area contributed by atoms with Gasteiger partial charge in [-0.2, -0.15) is 0 Å². The third kappa shape index (κ3) is 7.02. The first-order valence-electron chi connectivity index (χ1n) is 7.92. The van der Waals surface area contributed by atoms with Gasteiger partial charge in [-0.3, -0.25) is 4.90 Å². The molecule has 0 amide bonds. The monoisotopic (exact) mass is 280 g/mol. The van der Waals surface area contributed by atoms with Gasteiger partial charge in [-0.15, -0.1) is 4.91 Å². The molecule has 4 nitrogen and oxygen atoms in total. The lowest BCUT2D eigenvalue weighted by atomic mass is 10.1. The molecule has 1 saturated heterocycles. The number of rotatable bonds is 8. The summed E-state index contributed by atoms with van der Waals surface area (Å²) in [7, 11) is 0. The van der Waals surface area contributed by atoms with Crippen LogP contribution in [0.4, 0.5) is 0 Å². The number of piperidine rings is 1. The maximum absolute atomic E-state index is 9.96. The number of unbranched alkanes of at least 4 members (excludes halogenated alkanes) is 1. The molecule has 1 aliphatic rings. The van der Waals surface area contributed by atoms with Crippen molar-refractivity contribution in [3.8, 4) is 11.8 Å². The number of nitroso groups, excluding NO2 is 1. The lowest BCUT2D eigenvalue weighted by molar-refractivity contribution is -0.0506. The van der Waals surface area contributed by atoms with E-state index in [0.29, 0.717) is 12.2 Å². The van der Waals surface area contributed by atoms with Crippen molar-refractivity contribution in [3.63, 3.8) is 0 Å². The van der Waals surface area contributed by atoms with Crippen LogP contribution >= 0.6 is 0 Å². The summed E-state index contributed by atoms with van der Waals surface area (Å²) in [5, 5.41) is 2.75. The number of nitrogens with zero attached hydrogens (tertiary/aromatic N) is 2. The third-order valence-electron chi connectivity index (χ3n) is 3.75. The molecule has 1 fully saturated rings. The van der Waals surface area contributed by atoms with Gasteiger partial charge in [0.1, 0.15) is 6.54 Å². The van der Waals surface area contributed by atoms with E-state index in [4.69, 9.17) is 4.74 Å². The number of hydrogen-bond donors (Lipinski definition) is 0. The van der Waals surface area contributed by atoms with Crippen molar-refractivity contribution < 1.29 is 4.74 Å². The molecule has 0 saturated carbocycles. The topological polar surface area (TPSA) is 41.9 Å².